The van der Waals surface area contributed by atoms with Crippen LogP contribution in [0, 0.1) is 17.0 Å². The number of fused-ring (bicyclic) bond motifs is 1. The van der Waals surface area contributed by atoms with E-state index in [1.165, 1.54) is 17.0 Å². The zero-order valence-electron chi connectivity index (χ0n) is 15.0. The molecule has 156 valence electrons. The monoisotopic (exact) mass is 411 g/mol. The number of nitrogens with one attached hydrogen (secondary N) is 2. The number of halogens is 2. The van der Waals surface area contributed by atoms with Crippen LogP contribution in [-0.4, -0.2) is 67.4 Å². The molecule has 0 saturated carbocycles. The topological polar surface area (TPSA) is 136 Å². The quantitative estimate of drug-likeness (QED) is 0.461. The van der Waals surface area contributed by atoms with Gasteiger partial charge in [-0.3, -0.25) is 14.8 Å². The molecule has 4 atom stereocenters. The van der Waals surface area contributed by atoms with Gasteiger partial charge in [0.25, 0.3) is 0 Å². The van der Waals surface area contributed by atoms with Gasteiger partial charge in [0.2, 0.25) is 0 Å². The molecule has 1 aromatic carbocycles. The normalized spacial score (nSPS) is 26.5. The Morgan fingerprint density at radius 3 is 2.79 bits per heavy atom. The smallest absolute Gasteiger partial charge is 0.176 e. The van der Waals surface area contributed by atoms with Gasteiger partial charge >= 0.3 is 0 Å². The summed E-state index contributed by atoms with van der Waals surface area (Å²) in [6, 6.07) is 3.12. The number of imidazole rings is 1. The zero-order chi connectivity index (χ0) is 20.7. The van der Waals surface area contributed by atoms with E-state index in [1.54, 1.807) is 0 Å². The summed E-state index contributed by atoms with van der Waals surface area (Å²) in [5, 5.41) is 41.7. The number of aliphatic hydroxyl groups excluding tert-OH is 3. The second-order valence-electron chi connectivity index (χ2n) is 6.65. The van der Waals surface area contributed by atoms with E-state index in [9.17, 15) is 24.1 Å². The maximum atomic E-state index is 13.7. The number of hydrogen-bond acceptors (Lipinski definition) is 8. The minimum atomic E-state index is -1.29. The minimum Gasteiger partial charge on any atom is -0.394 e. The molecule has 0 amide bonds. The Morgan fingerprint density at radius 1 is 1.31 bits per heavy atom. The molecule has 1 saturated heterocycles. The Bertz CT molecular complexity index is 926. The highest BCUT2D eigenvalue weighted by Crippen LogP contribution is 2.34. The largest absolute Gasteiger partial charge is 0.394 e. The Labute approximate surface area is 163 Å². The van der Waals surface area contributed by atoms with Gasteiger partial charge in [-0.05, 0) is 6.07 Å². The minimum absolute atomic E-state index is 0.00907. The van der Waals surface area contributed by atoms with Crippen LogP contribution in [0.2, 0.25) is 0 Å². The molecular formula is C17H19F2N5O5. The van der Waals surface area contributed by atoms with Crippen molar-refractivity contribution in [3.63, 3.8) is 0 Å². The molecule has 10 nitrogen and oxygen atoms in total. The predicted molar refractivity (Wildman–Crippen MR) is 93.5 cm³/mol. The van der Waals surface area contributed by atoms with Crippen LogP contribution < -0.4 is 5.32 Å². The lowest BCUT2D eigenvalue weighted by atomic mass is 10.1. The van der Waals surface area contributed by atoms with Crippen LogP contribution >= 0.6 is 0 Å². The number of rotatable bonds is 5. The van der Waals surface area contributed by atoms with Gasteiger partial charge in [0, 0.05) is 11.6 Å². The number of nitrogens with zero attached hydrogens (tertiary/aromatic N) is 3. The van der Waals surface area contributed by atoms with Crippen molar-refractivity contribution in [3.8, 4) is 0 Å². The van der Waals surface area contributed by atoms with Crippen molar-refractivity contribution >= 4 is 11.7 Å². The number of aliphatic hydroxyl groups is 3. The first-order valence-electron chi connectivity index (χ1n) is 8.77. The molecule has 12 heteroatoms. The van der Waals surface area contributed by atoms with Crippen LogP contribution in [0.4, 0.5) is 14.6 Å². The molecule has 4 rings (SSSR count). The Hall–Kier alpha value is -2.64. The van der Waals surface area contributed by atoms with E-state index in [4.69, 9.17) is 15.0 Å². The fourth-order valence-electron chi connectivity index (χ4n) is 3.25. The number of anilines is 1. The molecule has 0 unspecified atom stereocenters. The molecule has 0 radical (unpaired) electrons. The summed E-state index contributed by atoms with van der Waals surface area (Å²) >= 11 is 0. The summed E-state index contributed by atoms with van der Waals surface area (Å²) < 4.78 is 33.6. The predicted octanol–water partition coefficient (Wildman–Crippen LogP) is -0.0850. The molecule has 0 aliphatic carbocycles. The molecule has 3 heterocycles. The van der Waals surface area contributed by atoms with Crippen molar-refractivity contribution < 1.29 is 33.7 Å². The van der Waals surface area contributed by atoms with Crippen molar-refractivity contribution in [2.24, 2.45) is 0 Å². The number of amidine groups is 1. The van der Waals surface area contributed by atoms with Crippen LogP contribution in [0.5, 0.6) is 0 Å². The van der Waals surface area contributed by atoms with Crippen LogP contribution in [0.15, 0.2) is 24.5 Å². The summed E-state index contributed by atoms with van der Waals surface area (Å²) in [7, 11) is 0. The number of aromatic nitrogens is 2. The van der Waals surface area contributed by atoms with Crippen molar-refractivity contribution in [1.82, 2.24) is 14.6 Å². The van der Waals surface area contributed by atoms with Gasteiger partial charge in [-0.25, -0.2) is 18.8 Å². The Balaban J connectivity index is 1.48. The fraction of sp³-hybridized carbons (Fsp3) is 0.412. The highest BCUT2D eigenvalue weighted by molar-refractivity contribution is 5.99. The van der Waals surface area contributed by atoms with Gasteiger partial charge < -0.3 is 25.4 Å². The first-order chi connectivity index (χ1) is 13.9. The molecular weight excluding hydrogens is 392 g/mol. The molecule has 1 fully saturated rings. The summed E-state index contributed by atoms with van der Waals surface area (Å²) in [5.41, 5.74) is 0.315. The fourth-order valence-corrected chi connectivity index (χ4v) is 3.25. The highest BCUT2D eigenvalue weighted by atomic mass is 19.1. The van der Waals surface area contributed by atoms with Crippen molar-refractivity contribution in [2.75, 3.05) is 18.6 Å². The average Bonchev–Trinajstić information content (AvgIpc) is 3.24. The van der Waals surface area contributed by atoms with Crippen LogP contribution in [-0.2, 0) is 16.2 Å². The van der Waals surface area contributed by atoms with E-state index < -0.39 is 42.8 Å². The third-order valence-corrected chi connectivity index (χ3v) is 4.84. The van der Waals surface area contributed by atoms with Crippen molar-refractivity contribution in [3.05, 3.63) is 47.4 Å². The molecule has 2 aliphatic rings. The lowest BCUT2D eigenvalue weighted by Crippen LogP contribution is -2.41. The standard InChI is InChI=1S/C17H19F2N5O5/c18-9-2-1-8(10(19)3-9)5-28-24-7-22-16-12(15(24)20)21-6-23(16)17-14(27)13(26)11(4-25)29-17/h1-3,6,11,13-14,17,20,22,25-27H,4-5,7H2/t11-,13-,14-,17-/m1/s1. The van der Waals surface area contributed by atoms with E-state index in [0.717, 1.165) is 17.2 Å². The van der Waals surface area contributed by atoms with E-state index in [2.05, 4.69) is 10.3 Å². The number of ether oxygens (including phenoxy) is 1. The Kier molecular flexibility index (Phi) is 5.19. The van der Waals surface area contributed by atoms with Crippen LogP contribution in [0.1, 0.15) is 17.5 Å². The first-order valence-corrected chi connectivity index (χ1v) is 8.77. The van der Waals surface area contributed by atoms with Gasteiger partial charge in [-0.1, -0.05) is 6.07 Å². The van der Waals surface area contributed by atoms with E-state index in [-0.39, 0.29) is 30.4 Å². The molecule has 1 aromatic heterocycles. The van der Waals surface area contributed by atoms with Crippen LogP contribution in [0.3, 0.4) is 0 Å². The molecule has 0 bridgehead atoms. The molecule has 2 aliphatic heterocycles. The van der Waals surface area contributed by atoms with Crippen molar-refractivity contribution in [2.45, 2.75) is 31.1 Å². The number of benzene rings is 1. The highest BCUT2D eigenvalue weighted by Gasteiger charge is 2.45. The van der Waals surface area contributed by atoms with Gasteiger partial charge in [-0.2, -0.15) is 0 Å². The van der Waals surface area contributed by atoms with Gasteiger partial charge in [0.15, 0.2) is 12.1 Å². The van der Waals surface area contributed by atoms with Gasteiger partial charge in [0.05, 0.1) is 12.9 Å². The number of hydrogen-bond donors (Lipinski definition) is 5. The van der Waals surface area contributed by atoms with E-state index >= 15 is 0 Å². The van der Waals surface area contributed by atoms with Gasteiger partial charge in [-0.15, -0.1) is 0 Å². The molecule has 2 aromatic rings. The van der Waals surface area contributed by atoms with Gasteiger partial charge in [0.1, 0.15) is 54.7 Å². The lowest BCUT2D eigenvalue weighted by Gasteiger charge is -2.30. The first kappa shape index (κ1) is 19.7. The Morgan fingerprint density at radius 2 is 2.10 bits per heavy atom. The second-order valence-corrected chi connectivity index (χ2v) is 6.65. The summed E-state index contributed by atoms with van der Waals surface area (Å²) in [6.07, 6.45) is -3.18. The van der Waals surface area contributed by atoms with E-state index in [1.807, 2.05) is 0 Å². The third-order valence-electron chi connectivity index (χ3n) is 4.84. The third kappa shape index (κ3) is 3.45. The van der Waals surface area contributed by atoms with Crippen molar-refractivity contribution in [1.29, 1.82) is 5.41 Å². The average molecular weight is 411 g/mol. The van der Waals surface area contributed by atoms with Crippen LogP contribution in [0.25, 0.3) is 0 Å². The molecule has 0 spiro atoms. The SMILES string of the molecule is N=C1c2ncn([C@@H]3O[C@H](CO)[C@@H](O)[C@H]3O)c2NCN1OCc1ccc(F)cc1F. The maximum Gasteiger partial charge on any atom is 0.176 e. The zero-order valence-corrected chi connectivity index (χ0v) is 15.0. The summed E-state index contributed by atoms with van der Waals surface area (Å²) in [6.45, 7) is -0.674. The molecule has 29 heavy (non-hydrogen) atoms. The van der Waals surface area contributed by atoms with E-state index in [0.29, 0.717) is 5.82 Å². The number of hydroxylamine groups is 2. The summed E-state index contributed by atoms with van der Waals surface area (Å²) in [5.74, 6) is -1.21. The summed E-state index contributed by atoms with van der Waals surface area (Å²) in [4.78, 5) is 9.57. The molecule has 5 N–H and O–H groups in total. The maximum absolute atomic E-state index is 13.7. The lowest BCUT2D eigenvalue weighted by molar-refractivity contribution is -0.109. The second kappa shape index (κ2) is 7.65.